The molecule has 0 saturated carbocycles. The Morgan fingerprint density at radius 1 is 0.829 bits per heavy atom. The average Bonchev–Trinajstić information content (AvgIpc) is 2.88. The van der Waals surface area contributed by atoms with E-state index in [0.717, 1.165) is 4.31 Å². The van der Waals surface area contributed by atoms with Crippen molar-refractivity contribution < 1.29 is 32.3 Å². The van der Waals surface area contributed by atoms with Crippen molar-refractivity contribution in [3.8, 4) is 0 Å². The molecule has 0 unspecified atom stereocenters. The Balaban J connectivity index is 1.61. The quantitative estimate of drug-likeness (QED) is 0.451. The van der Waals surface area contributed by atoms with E-state index in [9.17, 15) is 22.8 Å². The molecule has 1 amide bonds. The number of esters is 2. The van der Waals surface area contributed by atoms with E-state index in [2.05, 4.69) is 5.32 Å². The van der Waals surface area contributed by atoms with E-state index < -0.39 is 34.5 Å². The number of nitrogens with one attached hydrogen (secondary N) is 1. The summed E-state index contributed by atoms with van der Waals surface area (Å²) in [6.45, 7) is 1.37. The summed E-state index contributed by atoms with van der Waals surface area (Å²) in [7, 11) is -2.50. The lowest BCUT2D eigenvalue weighted by atomic mass is 10.2. The third-order valence-corrected chi connectivity index (χ3v) is 6.64. The topological polar surface area (TPSA) is 119 Å². The van der Waals surface area contributed by atoms with Crippen molar-refractivity contribution in [2.75, 3.05) is 29.9 Å². The maximum Gasteiger partial charge on any atom is 0.338 e. The van der Waals surface area contributed by atoms with Gasteiger partial charge in [-0.05, 0) is 61.5 Å². The van der Waals surface area contributed by atoms with Crippen molar-refractivity contribution in [1.82, 2.24) is 0 Å². The van der Waals surface area contributed by atoms with Crippen molar-refractivity contribution >= 4 is 39.2 Å². The van der Waals surface area contributed by atoms with E-state index >= 15 is 0 Å². The Morgan fingerprint density at radius 3 is 2.14 bits per heavy atom. The first-order chi connectivity index (χ1) is 16.7. The molecule has 3 aromatic rings. The van der Waals surface area contributed by atoms with Crippen LogP contribution in [0.25, 0.3) is 0 Å². The highest BCUT2D eigenvalue weighted by atomic mass is 32.2. The second-order valence-electron chi connectivity index (χ2n) is 7.26. The molecule has 0 heterocycles. The Bertz CT molecular complexity index is 1310. The Labute approximate surface area is 203 Å². The van der Waals surface area contributed by atoms with Crippen LogP contribution in [0, 0.1) is 0 Å². The second kappa shape index (κ2) is 11.3. The number of carbonyl (C=O) groups excluding carboxylic acids is 3. The molecule has 0 fully saturated rings. The molecule has 0 atom stereocenters. The molecule has 0 spiro atoms. The van der Waals surface area contributed by atoms with Crippen LogP contribution >= 0.6 is 0 Å². The van der Waals surface area contributed by atoms with Gasteiger partial charge in [0.05, 0.1) is 28.3 Å². The highest BCUT2D eigenvalue weighted by Crippen LogP contribution is 2.22. The summed E-state index contributed by atoms with van der Waals surface area (Å²) in [4.78, 5) is 36.2. The van der Waals surface area contributed by atoms with Gasteiger partial charge in [-0.15, -0.1) is 0 Å². The predicted octanol–water partition coefficient (Wildman–Crippen LogP) is 3.48. The molecule has 0 aliphatic rings. The Kier molecular flexibility index (Phi) is 8.21. The number of anilines is 2. The number of ether oxygens (including phenoxy) is 2. The van der Waals surface area contributed by atoms with Crippen LogP contribution in [0.4, 0.5) is 11.4 Å². The third-order valence-electron chi connectivity index (χ3n) is 4.86. The summed E-state index contributed by atoms with van der Waals surface area (Å²) in [5.74, 6) is -1.93. The molecule has 3 aromatic carbocycles. The summed E-state index contributed by atoms with van der Waals surface area (Å²) in [6, 6.07) is 19.9. The minimum absolute atomic E-state index is 0.0147. The average molecular weight is 497 g/mol. The number of rotatable bonds is 9. The predicted molar refractivity (Wildman–Crippen MR) is 130 cm³/mol. The van der Waals surface area contributed by atoms with Crippen LogP contribution in [0.15, 0.2) is 83.8 Å². The van der Waals surface area contributed by atoms with E-state index in [1.165, 1.54) is 55.6 Å². The molecule has 0 aliphatic carbocycles. The SMILES string of the molecule is CCOC(=O)c1ccc(NC(=O)COC(=O)c2cccc(S(=O)(=O)N(C)c3ccccc3)c2)cc1. The normalized spacial score (nSPS) is 10.8. The van der Waals surface area contributed by atoms with Crippen LogP contribution < -0.4 is 9.62 Å². The fraction of sp³-hybridized carbons (Fsp3) is 0.160. The molecule has 0 aliphatic heterocycles. The van der Waals surface area contributed by atoms with Crippen molar-refractivity contribution in [1.29, 1.82) is 0 Å². The number of amides is 1. The van der Waals surface area contributed by atoms with Gasteiger partial charge < -0.3 is 14.8 Å². The molecular formula is C25H24N2O7S. The Hall–Kier alpha value is -4.18. The van der Waals surface area contributed by atoms with E-state index in [1.54, 1.807) is 37.3 Å². The number of benzene rings is 3. The van der Waals surface area contributed by atoms with Crippen LogP contribution in [0.2, 0.25) is 0 Å². The molecular weight excluding hydrogens is 472 g/mol. The summed E-state index contributed by atoms with van der Waals surface area (Å²) >= 11 is 0. The first kappa shape index (κ1) is 25.4. The number of carbonyl (C=O) groups is 3. The fourth-order valence-electron chi connectivity index (χ4n) is 3.03. The molecule has 0 radical (unpaired) electrons. The molecule has 182 valence electrons. The molecule has 1 N–H and O–H groups in total. The highest BCUT2D eigenvalue weighted by molar-refractivity contribution is 7.92. The van der Waals surface area contributed by atoms with Crippen LogP contribution in [-0.2, 0) is 24.3 Å². The summed E-state index contributed by atoms with van der Waals surface area (Å²) < 4.78 is 37.0. The number of para-hydroxylation sites is 1. The maximum atomic E-state index is 13.0. The molecule has 0 saturated heterocycles. The fourth-order valence-corrected chi connectivity index (χ4v) is 4.28. The summed E-state index contributed by atoms with van der Waals surface area (Å²) in [5.41, 5.74) is 1.19. The van der Waals surface area contributed by atoms with Gasteiger partial charge in [0, 0.05) is 12.7 Å². The van der Waals surface area contributed by atoms with Crippen LogP contribution in [0.1, 0.15) is 27.6 Å². The molecule has 3 rings (SSSR count). The van der Waals surface area contributed by atoms with Gasteiger partial charge in [-0.1, -0.05) is 24.3 Å². The minimum Gasteiger partial charge on any atom is -0.462 e. The van der Waals surface area contributed by atoms with Crippen molar-refractivity contribution in [2.24, 2.45) is 0 Å². The van der Waals surface area contributed by atoms with Gasteiger partial charge in [0.15, 0.2) is 6.61 Å². The highest BCUT2D eigenvalue weighted by Gasteiger charge is 2.23. The van der Waals surface area contributed by atoms with E-state index in [1.807, 2.05) is 0 Å². The second-order valence-corrected chi connectivity index (χ2v) is 9.23. The van der Waals surface area contributed by atoms with Crippen molar-refractivity contribution in [2.45, 2.75) is 11.8 Å². The van der Waals surface area contributed by atoms with E-state index in [4.69, 9.17) is 9.47 Å². The largest absolute Gasteiger partial charge is 0.462 e. The molecule has 0 bridgehead atoms. The van der Waals surface area contributed by atoms with Gasteiger partial charge in [-0.25, -0.2) is 18.0 Å². The van der Waals surface area contributed by atoms with Gasteiger partial charge in [0.25, 0.3) is 15.9 Å². The van der Waals surface area contributed by atoms with Gasteiger partial charge >= 0.3 is 11.9 Å². The van der Waals surface area contributed by atoms with Crippen LogP contribution in [-0.4, -0.2) is 46.5 Å². The van der Waals surface area contributed by atoms with Crippen LogP contribution in [0.3, 0.4) is 0 Å². The smallest absolute Gasteiger partial charge is 0.338 e. The zero-order valence-electron chi connectivity index (χ0n) is 19.1. The summed E-state index contributed by atoms with van der Waals surface area (Å²) in [6.07, 6.45) is 0. The lowest BCUT2D eigenvalue weighted by Crippen LogP contribution is -2.26. The lowest BCUT2D eigenvalue weighted by molar-refractivity contribution is -0.119. The number of nitrogens with zero attached hydrogens (tertiary/aromatic N) is 1. The number of sulfonamides is 1. The minimum atomic E-state index is -3.92. The van der Waals surface area contributed by atoms with Gasteiger partial charge in [0.2, 0.25) is 0 Å². The summed E-state index contributed by atoms with van der Waals surface area (Å²) in [5, 5.41) is 2.54. The number of hydrogen-bond donors (Lipinski definition) is 1. The van der Waals surface area contributed by atoms with Crippen molar-refractivity contribution in [3.63, 3.8) is 0 Å². The van der Waals surface area contributed by atoms with E-state index in [0.29, 0.717) is 16.9 Å². The first-order valence-corrected chi connectivity index (χ1v) is 12.0. The number of hydrogen-bond acceptors (Lipinski definition) is 7. The zero-order chi connectivity index (χ0) is 25.4. The lowest BCUT2D eigenvalue weighted by Gasteiger charge is -2.19. The molecule has 35 heavy (non-hydrogen) atoms. The monoisotopic (exact) mass is 496 g/mol. The Morgan fingerprint density at radius 2 is 1.49 bits per heavy atom. The first-order valence-electron chi connectivity index (χ1n) is 10.6. The van der Waals surface area contributed by atoms with Crippen LogP contribution in [0.5, 0.6) is 0 Å². The van der Waals surface area contributed by atoms with E-state index in [-0.39, 0.29) is 17.1 Å². The molecule has 0 aromatic heterocycles. The standard InChI is InChI=1S/C25H24N2O7S/c1-3-33-24(29)18-12-14-20(15-13-18)26-23(28)17-34-25(30)19-8-7-11-22(16-19)35(31,32)27(2)21-9-5-4-6-10-21/h4-16H,3,17H2,1-2H3,(H,26,28). The molecule has 10 heteroatoms. The van der Waals surface area contributed by atoms with Gasteiger partial charge in [-0.2, -0.15) is 0 Å². The third kappa shape index (κ3) is 6.45. The van der Waals surface area contributed by atoms with Gasteiger partial charge in [-0.3, -0.25) is 9.10 Å². The van der Waals surface area contributed by atoms with Crippen molar-refractivity contribution in [3.05, 3.63) is 90.0 Å². The maximum absolute atomic E-state index is 13.0. The zero-order valence-corrected chi connectivity index (χ0v) is 19.9. The molecule has 9 nitrogen and oxygen atoms in total. The van der Waals surface area contributed by atoms with Gasteiger partial charge in [0.1, 0.15) is 0 Å².